The number of nitrogens with one attached hydrogen (secondary N) is 2. The van der Waals surface area contributed by atoms with Crippen LogP contribution in [0.1, 0.15) is 36.2 Å². The minimum absolute atomic E-state index is 0.0255. The van der Waals surface area contributed by atoms with Gasteiger partial charge in [0.1, 0.15) is 6.04 Å². The molecule has 114 valence electrons. The highest BCUT2D eigenvalue weighted by molar-refractivity contribution is 5.97. The molecule has 0 fully saturated rings. The van der Waals surface area contributed by atoms with Crippen molar-refractivity contribution in [2.24, 2.45) is 5.92 Å². The van der Waals surface area contributed by atoms with Gasteiger partial charge in [0, 0.05) is 17.8 Å². The number of esters is 1. The quantitative estimate of drug-likeness (QED) is 0.814. The molecule has 1 aliphatic rings. The fraction of sp³-hybridized carbons (Fsp3) is 0.500. The Kier molecular flexibility index (Phi) is 4.83. The fourth-order valence-electron chi connectivity index (χ4n) is 2.47. The van der Waals surface area contributed by atoms with Gasteiger partial charge in [-0.25, -0.2) is 4.79 Å². The lowest BCUT2D eigenvalue weighted by Gasteiger charge is -2.22. The van der Waals surface area contributed by atoms with E-state index < -0.39 is 12.0 Å². The maximum absolute atomic E-state index is 12.4. The maximum atomic E-state index is 12.4. The Hall–Kier alpha value is -2.04. The maximum Gasteiger partial charge on any atom is 0.328 e. The van der Waals surface area contributed by atoms with Gasteiger partial charge in [0.25, 0.3) is 5.91 Å². The monoisotopic (exact) mass is 290 g/mol. The third-order valence-electron chi connectivity index (χ3n) is 4.03. The van der Waals surface area contributed by atoms with Crippen molar-refractivity contribution in [2.45, 2.75) is 32.7 Å². The summed E-state index contributed by atoms with van der Waals surface area (Å²) in [6, 6.07) is 4.96. The van der Waals surface area contributed by atoms with Gasteiger partial charge >= 0.3 is 5.97 Å². The zero-order valence-corrected chi connectivity index (χ0v) is 12.7. The summed E-state index contributed by atoms with van der Waals surface area (Å²) in [5.41, 5.74) is 2.80. The second-order valence-electron chi connectivity index (χ2n) is 5.41. The van der Waals surface area contributed by atoms with Crippen LogP contribution in [0.2, 0.25) is 0 Å². The van der Waals surface area contributed by atoms with E-state index in [-0.39, 0.29) is 11.8 Å². The SMILES string of the molecule is CCC(C)C(NC(=O)c1ccc2c(c1)CCN2)C(=O)OC. The largest absolute Gasteiger partial charge is 0.467 e. The van der Waals surface area contributed by atoms with Crippen LogP contribution in [0.25, 0.3) is 0 Å². The molecule has 5 nitrogen and oxygen atoms in total. The number of carbonyl (C=O) groups is 2. The van der Waals surface area contributed by atoms with Crippen LogP contribution in [-0.4, -0.2) is 31.6 Å². The molecule has 2 rings (SSSR count). The van der Waals surface area contributed by atoms with E-state index in [2.05, 4.69) is 10.6 Å². The van der Waals surface area contributed by atoms with E-state index in [0.717, 1.165) is 30.6 Å². The Balaban J connectivity index is 2.13. The summed E-state index contributed by atoms with van der Waals surface area (Å²) >= 11 is 0. The first-order valence-corrected chi connectivity index (χ1v) is 7.32. The first-order chi connectivity index (χ1) is 10.1. The Morgan fingerprint density at radius 2 is 2.19 bits per heavy atom. The van der Waals surface area contributed by atoms with Gasteiger partial charge in [-0.2, -0.15) is 0 Å². The lowest BCUT2D eigenvalue weighted by atomic mass is 9.98. The molecule has 0 bridgehead atoms. The van der Waals surface area contributed by atoms with Crippen molar-refractivity contribution in [3.05, 3.63) is 29.3 Å². The topological polar surface area (TPSA) is 67.4 Å². The molecule has 1 amide bonds. The molecule has 0 saturated heterocycles. The number of rotatable bonds is 5. The number of hydrogen-bond acceptors (Lipinski definition) is 4. The van der Waals surface area contributed by atoms with E-state index >= 15 is 0 Å². The second-order valence-corrected chi connectivity index (χ2v) is 5.41. The summed E-state index contributed by atoms with van der Waals surface area (Å²) in [7, 11) is 1.34. The molecule has 2 atom stereocenters. The van der Waals surface area contributed by atoms with Gasteiger partial charge in [-0.15, -0.1) is 0 Å². The first-order valence-electron chi connectivity index (χ1n) is 7.32. The summed E-state index contributed by atoms with van der Waals surface area (Å²) < 4.78 is 4.78. The highest BCUT2D eigenvalue weighted by Gasteiger charge is 2.27. The summed E-state index contributed by atoms with van der Waals surface area (Å²) in [6.07, 6.45) is 1.70. The number of fused-ring (bicyclic) bond motifs is 1. The predicted octanol–water partition coefficient (Wildman–Crippen LogP) is 1.97. The van der Waals surface area contributed by atoms with Crippen molar-refractivity contribution >= 4 is 17.6 Å². The Morgan fingerprint density at radius 3 is 2.86 bits per heavy atom. The van der Waals surface area contributed by atoms with Gasteiger partial charge in [-0.3, -0.25) is 4.79 Å². The average molecular weight is 290 g/mol. The molecule has 0 spiro atoms. The smallest absolute Gasteiger partial charge is 0.328 e. The molecule has 1 heterocycles. The zero-order valence-electron chi connectivity index (χ0n) is 12.7. The number of methoxy groups -OCH3 is 1. The lowest BCUT2D eigenvalue weighted by molar-refractivity contribution is -0.144. The molecule has 1 aromatic carbocycles. The van der Waals surface area contributed by atoms with Gasteiger partial charge in [-0.05, 0) is 36.1 Å². The Morgan fingerprint density at radius 1 is 1.43 bits per heavy atom. The van der Waals surface area contributed by atoms with Crippen molar-refractivity contribution in [3.8, 4) is 0 Å². The van der Waals surface area contributed by atoms with Gasteiger partial charge in [-0.1, -0.05) is 20.3 Å². The van der Waals surface area contributed by atoms with Crippen LogP contribution in [0.15, 0.2) is 18.2 Å². The van der Waals surface area contributed by atoms with Gasteiger partial charge in [0.15, 0.2) is 0 Å². The molecule has 0 aromatic heterocycles. The number of ether oxygens (including phenoxy) is 1. The molecule has 1 aliphatic heterocycles. The molecule has 1 aromatic rings. The van der Waals surface area contributed by atoms with Crippen LogP contribution < -0.4 is 10.6 Å². The van der Waals surface area contributed by atoms with Gasteiger partial charge in [0.05, 0.1) is 7.11 Å². The van der Waals surface area contributed by atoms with Crippen LogP contribution in [0.5, 0.6) is 0 Å². The molecule has 0 aliphatic carbocycles. The molecular weight excluding hydrogens is 268 g/mol. The second kappa shape index (κ2) is 6.61. The number of hydrogen-bond donors (Lipinski definition) is 2. The molecule has 21 heavy (non-hydrogen) atoms. The molecule has 2 N–H and O–H groups in total. The molecule has 0 saturated carbocycles. The minimum atomic E-state index is -0.612. The first kappa shape index (κ1) is 15.4. The molecule has 5 heteroatoms. The highest BCUT2D eigenvalue weighted by Crippen LogP contribution is 2.23. The van der Waals surface area contributed by atoms with Crippen LogP contribution in [-0.2, 0) is 16.0 Å². The molecule has 0 radical (unpaired) electrons. The summed E-state index contributed by atoms with van der Waals surface area (Å²) in [5.74, 6) is -0.613. The normalized spacial score (nSPS) is 15.6. The van der Waals surface area contributed by atoms with Crippen LogP contribution in [0.4, 0.5) is 5.69 Å². The van der Waals surface area contributed by atoms with Crippen molar-refractivity contribution in [1.29, 1.82) is 0 Å². The summed E-state index contributed by atoms with van der Waals surface area (Å²) in [5, 5.41) is 6.05. The minimum Gasteiger partial charge on any atom is -0.467 e. The lowest BCUT2D eigenvalue weighted by Crippen LogP contribution is -2.45. The Bertz CT molecular complexity index is 542. The fourth-order valence-corrected chi connectivity index (χ4v) is 2.47. The van der Waals surface area contributed by atoms with E-state index in [9.17, 15) is 9.59 Å². The molecule has 2 unspecified atom stereocenters. The third-order valence-corrected chi connectivity index (χ3v) is 4.03. The van der Waals surface area contributed by atoms with E-state index in [4.69, 9.17) is 4.74 Å². The van der Waals surface area contributed by atoms with Crippen molar-refractivity contribution < 1.29 is 14.3 Å². The van der Waals surface area contributed by atoms with E-state index in [1.54, 1.807) is 6.07 Å². The van der Waals surface area contributed by atoms with E-state index in [1.807, 2.05) is 26.0 Å². The van der Waals surface area contributed by atoms with Crippen LogP contribution in [0.3, 0.4) is 0 Å². The van der Waals surface area contributed by atoms with Gasteiger partial charge < -0.3 is 15.4 Å². The number of carbonyl (C=O) groups excluding carboxylic acids is 2. The van der Waals surface area contributed by atoms with Crippen molar-refractivity contribution in [3.63, 3.8) is 0 Å². The summed E-state index contributed by atoms with van der Waals surface area (Å²) in [4.78, 5) is 24.2. The van der Waals surface area contributed by atoms with Crippen molar-refractivity contribution in [1.82, 2.24) is 5.32 Å². The molecular formula is C16H22N2O3. The van der Waals surface area contributed by atoms with Gasteiger partial charge in [0.2, 0.25) is 0 Å². The highest BCUT2D eigenvalue weighted by atomic mass is 16.5. The Labute approximate surface area is 125 Å². The zero-order chi connectivity index (χ0) is 15.4. The predicted molar refractivity (Wildman–Crippen MR) is 81.4 cm³/mol. The number of benzene rings is 1. The standard InChI is InChI=1S/C16H22N2O3/c1-4-10(2)14(16(20)21-3)18-15(19)12-5-6-13-11(9-12)7-8-17-13/h5-6,9-10,14,17H,4,7-8H2,1-3H3,(H,18,19). The van der Waals surface area contributed by atoms with E-state index in [0.29, 0.717) is 5.56 Å². The van der Waals surface area contributed by atoms with Crippen LogP contribution >= 0.6 is 0 Å². The van der Waals surface area contributed by atoms with Crippen molar-refractivity contribution in [2.75, 3.05) is 19.0 Å². The van der Waals surface area contributed by atoms with Crippen LogP contribution in [0, 0.1) is 5.92 Å². The number of anilines is 1. The van der Waals surface area contributed by atoms with E-state index in [1.165, 1.54) is 7.11 Å². The summed E-state index contributed by atoms with van der Waals surface area (Å²) in [6.45, 7) is 4.81. The number of amides is 1. The average Bonchev–Trinajstić information content (AvgIpc) is 2.98. The third kappa shape index (κ3) is 3.35.